The number of hydrogen-bond donors (Lipinski definition) is 0. The van der Waals surface area contributed by atoms with Crippen LogP contribution in [0.4, 0.5) is 0 Å². The van der Waals surface area contributed by atoms with Gasteiger partial charge in [-0.05, 0) is 23.3 Å². The van der Waals surface area contributed by atoms with Crippen LogP contribution in [0.15, 0.2) is 42.5 Å². The molecule has 1 heterocycles. The molecule has 0 radical (unpaired) electrons. The standard InChI is InChI=1S/C17H17NO2/c1-18(2)17(19)14-7-3-6-13(11-14)15-8-4-5-12-9-10-20-16(12)15/h3-8,11H,9-10H2,1-2H3. The van der Waals surface area contributed by atoms with E-state index in [9.17, 15) is 4.79 Å². The molecule has 0 bridgehead atoms. The van der Waals surface area contributed by atoms with Crippen LogP contribution in [0.1, 0.15) is 15.9 Å². The summed E-state index contributed by atoms with van der Waals surface area (Å²) in [5, 5.41) is 0. The predicted octanol–water partition coefficient (Wildman–Crippen LogP) is 2.99. The van der Waals surface area contributed by atoms with Crippen molar-refractivity contribution in [2.75, 3.05) is 20.7 Å². The number of para-hydroxylation sites is 1. The fourth-order valence-electron chi connectivity index (χ4n) is 2.52. The molecule has 1 amide bonds. The number of fused-ring (bicyclic) bond motifs is 1. The van der Waals surface area contributed by atoms with Gasteiger partial charge in [0, 0.05) is 31.6 Å². The zero-order valence-corrected chi connectivity index (χ0v) is 11.7. The van der Waals surface area contributed by atoms with Gasteiger partial charge in [0.15, 0.2) is 0 Å². The Morgan fingerprint density at radius 3 is 2.75 bits per heavy atom. The molecule has 0 saturated heterocycles. The summed E-state index contributed by atoms with van der Waals surface area (Å²) in [4.78, 5) is 13.6. The maximum Gasteiger partial charge on any atom is 0.253 e. The fraction of sp³-hybridized carbons (Fsp3) is 0.235. The van der Waals surface area contributed by atoms with Crippen molar-refractivity contribution in [3.05, 3.63) is 53.6 Å². The summed E-state index contributed by atoms with van der Waals surface area (Å²) in [7, 11) is 3.52. The van der Waals surface area contributed by atoms with Gasteiger partial charge in [0.05, 0.1) is 6.61 Å². The molecule has 0 fully saturated rings. The summed E-state index contributed by atoms with van der Waals surface area (Å²) >= 11 is 0. The highest BCUT2D eigenvalue weighted by Crippen LogP contribution is 2.36. The summed E-state index contributed by atoms with van der Waals surface area (Å²) in [5.74, 6) is 0.974. The van der Waals surface area contributed by atoms with Crippen LogP contribution < -0.4 is 4.74 Å². The number of rotatable bonds is 2. The van der Waals surface area contributed by atoms with Gasteiger partial charge in [-0.1, -0.05) is 30.3 Å². The second-order valence-electron chi connectivity index (χ2n) is 5.17. The Bertz CT molecular complexity index is 662. The van der Waals surface area contributed by atoms with Crippen LogP contribution in [0, 0.1) is 0 Å². The molecule has 0 saturated carbocycles. The number of benzene rings is 2. The van der Waals surface area contributed by atoms with E-state index in [0.29, 0.717) is 5.56 Å². The van der Waals surface area contributed by atoms with Gasteiger partial charge in [-0.15, -0.1) is 0 Å². The molecule has 1 aliphatic rings. The lowest BCUT2D eigenvalue weighted by Crippen LogP contribution is -2.21. The van der Waals surface area contributed by atoms with Crippen LogP contribution >= 0.6 is 0 Å². The lowest BCUT2D eigenvalue weighted by Gasteiger charge is -2.12. The zero-order valence-electron chi connectivity index (χ0n) is 11.7. The van der Waals surface area contributed by atoms with Crippen LogP contribution in [0.25, 0.3) is 11.1 Å². The lowest BCUT2D eigenvalue weighted by molar-refractivity contribution is 0.0827. The van der Waals surface area contributed by atoms with Gasteiger partial charge in [-0.2, -0.15) is 0 Å². The van der Waals surface area contributed by atoms with E-state index in [0.717, 1.165) is 29.9 Å². The molecule has 3 rings (SSSR count). The molecular weight excluding hydrogens is 250 g/mol. The first-order chi connectivity index (χ1) is 9.66. The van der Waals surface area contributed by atoms with E-state index in [1.54, 1.807) is 19.0 Å². The highest BCUT2D eigenvalue weighted by atomic mass is 16.5. The Kier molecular flexibility index (Phi) is 3.18. The van der Waals surface area contributed by atoms with Crippen molar-refractivity contribution in [1.82, 2.24) is 4.90 Å². The van der Waals surface area contributed by atoms with Crippen molar-refractivity contribution in [3.63, 3.8) is 0 Å². The Morgan fingerprint density at radius 2 is 1.95 bits per heavy atom. The van der Waals surface area contributed by atoms with Crippen molar-refractivity contribution in [2.24, 2.45) is 0 Å². The molecule has 0 spiro atoms. The van der Waals surface area contributed by atoms with Gasteiger partial charge in [-0.3, -0.25) is 4.79 Å². The second-order valence-corrected chi connectivity index (χ2v) is 5.17. The largest absolute Gasteiger partial charge is 0.492 e. The molecule has 0 unspecified atom stereocenters. The minimum Gasteiger partial charge on any atom is -0.492 e. The van der Waals surface area contributed by atoms with E-state index in [-0.39, 0.29) is 5.91 Å². The molecule has 0 aliphatic carbocycles. The third-order valence-electron chi connectivity index (χ3n) is 3.54. The maximum atomic E-state index is 12.1. The van der Waals surface area contributed by atoms with Gasteiger partial charge in [0.2, 0.25) is 0 Å². The summed E-state index contributed by atoms with van der Waals surface area (Å²) in [5.41, 5.74) is 4.03. The first-order valence-corrected chi connectivity index (χ1v) is 6.73. The number of hydrogen-bond acceptors (Lipinski definition) is 2. The van der Waals surface area contributed by atoms with E-state index in [4.69, 9.17) is 4.74 Å². The summed E-state index contributed by atoms with van der Waals surface area (Å²) in [6, 6.07) is 13.9. The van der Waals surface area contributed by atoms with E-state index in [1.807, 2.05) is 36.4 Å². The molecular formula is C17H17NO2. The van der Waals surface area contributed by atoms with Crippen molar-refractivity contribution >= 4 is 5.91 Å². The van der Waals surface area contributed by atoms with Crippen LogP contribution in [0.5, 0.6) is 5.75 Å². The van der Waals surface area contributed by atoms with Crippen molar-refractivity contribution in [1.29, 1.82) is 0 Å². The molecule has 3 nitrogen and oxygen atoms in total. The molecule has 2 aromatic rings. The van der Waals surface area contributed by atoms with Crippen LogP contribution in [-0.2, 0) is 6.42 Å². The van der Waals surface area contributed by atoms with Crippen LogP contribution in [0.2, 0.25) is 0 Å². The van der Waals surface area contributed by atoms with Crippen molar-refractivity contribution < 1.29 is 9.53 Å². The number of nitrogens with zero attached hydrogens (tertiary/aromatic N) is 1. The summed E-state index contributed by atoms with van der Waals surface area (Å²) < 4.78 is 5.74. The monoisotopic (exact) mass is 267 g/mol. The second kappa shape index (κ2) is 5.00. The van der Waals surface area contributed by atoms with Gasteiger partial charge < -0.3 is 9.64 Å². The number of ether oxygens (including phenoxy) is 1. The van der Waals surface area contributed by atoms with Gasteiger partial charge in [0.25, 0.3) is 5.91 Å². The van der Waals surface area contributed by atoms with E-state index >= 15 is 0 Å². The van der Waals surface area contributed by atoms with E-state index in [2.05, 4.69) is 6.07 Å². The highest BCUT2D eigenvalue weighted by molar-refractivity contribution is 5.95. The maximum absolute atomic E-state index is 12.1. The Hall–Kier alpha value is -2.29. The normalized spacial score (nSPS) is 12.7. The van der Waals surface area contributed by atoms with E-state index in [1.165, 1.54) is 5.56 Å². The fourth-order valence-corrected chi connectivity index (χ4v) is 2.52. The zero-order chi connectivity index (χ0) is 14.1. The summed E-state index contributed by atoms with van der Waals surface area (Å²) in [6.45, 7) is 0.739. The molecule has 0 aromatic heterocycles. The van der Waals surface area contributed by atoms with Crippen molar-refractivity contribution in [2.45, 2.75) is 6.42 Å². The van der Waals surface area contributed by atoms with Gasteiger partial charge in [-0.25, -0.2) is 0 Å². The first kappa shape index (κ1) is 12.7. The number of amides is 1. The first-order valence-electron chi connectivity index (χ1n) is 6.73. The highest BCUT2D eigenvalue weighted by Gasteiger charge is 2.17. The predicted molar refractivity (Wildman–Crippen MR) is 79.1 cm³/mol. The minimum atomic E-state index is 0.0142. The minimum absolute atomic E-state index is 0.0142. The SMILES string of the molecule is CN(C)C(=O)c1cccc(-c2cccc3c2OCC3)c1. The molecule has 20 heavy (non-hydrogen) atoms. The quantitative estimate of drug-likeness (QED) is 0.837. The number of carbonyl (C=O) groups is 1. The molecule has 0 atom stereocenters. The number of carbonyl (C=O) groups excluding carboxylic acids is 1. The van der Waals surface area contributed by atoms with Crippen LogP contribution in [-0.4, -0.2) is 31.5 Å². The smallest absolute Gasteiger partial charge is 0.253 e. The molecule has 102 valence electrons. The van der Waals surface area contributed by atoms with Gasteiger partial charge >= 0.3 is 0 Å². The Morgan fingerprint density at radius 1 is 1.15 bits per heavy atom. The van der Waals surface area contributed by atoms with E-state index < -0.39 is 0 Å². The Labute approximate surface area is 118 Å². The average Bonchev–Trinajstić information content (AvgIpc) is 2.94. The molecule has 2 aromatic carbocycles. The molecule has 1 aliphatic heterocycles. The molecule has 0 N–H and O–H groups in total. The van der Waals surface area contributed by atoms with Crippen LogP contribution in [0.3, 0.4) is 0 Å². The average molecular weight is 267 g/mol. The Balaban J connectivity index is 2.06. The topological polar surface area (TPSA) is 29.5 Å². The third kappa shape index (κ3) is 2.16. The summed E-state index contributed by atoms with van der Waals surface area (Å²) in [6.07, 6.45) is 0.958. The molecule has 3 heteroatoms. The lowest BCUT2D eigenvalue weighted by atomic mass is 9.99. The third-order valence-corrected chi connectivity index (χ3v) is 3.54. The van der Waals surface area contributed by atoms with Crippen molar-refractivity contribution in [3.8, 4) is 16.9 Å². The van der Waals surface area contributed by atoms with Gasteiger partial charge in [0.1, 0.15) is 5.75 Å².